The lowest BCUT2D eigenvalue weighted by molar-refractivity contribution is 0.164. The molecule has 1 aromatic rings. The summed E-state index contributed by atoms with van der Waals surface area (Å²) in [7, 11) is 0. The molecule has 7 nitrogen and oxygen atoms in total. The number of rotatable bonds is 5. The molecule has 0 spiro atoms. The second-order valence-corrected chi connectivity index (χ2v) is 7.42. The van der Waals surface area contributed by atoms with Crippen LogP contribution in [0.4, 0.5) is 11.6 Å². The Morgan fingerprint density at radius 1 is 1.08 bits per heavy atom. The first-order valence-corrected chi connectivity index (χ1v) is 9.58. The molecule has 0 aromatic carbocycles. The van der Waals surface area contributed by atoms with Crippen molar-refractivity contribution in [2.45, 2.75) is 25.3 Å². The summed E-state index contributed by atoms with van der Waals surface area (Å²) in [4.78, 5) is 16.1. The van der Waals surface area contributed by atoms with E-state index in [2.05, 4.69) is 30.7 Å². The molecule has 0 amide bonds. The number of aromatic nitrogens is 2. The summed E-state index contributed by atoms with van der Waals surface area (Å²) < 4.78 is 5.49. The third-order valence-electron chi connectivity index (χ3n) is 5.76. The van der Waals surface area contributed by atoms with Gasteiger partial charge in [0.1, 0.15) is 18.0 Å². The van der Waals surface area contributed by atoms with Crippen LogP contribution in [0.15, 0.2) is 12.4 Å². The summed E-state index contributed by atoms with van der Waals surface area (Å²) in [5, 5.41) is 9.55. The third-order valence-corrected chi connectivity index (χ3v) is 5.76. The minimum Gasteiger partial charge on any atom is -0.394 e. The monoisotopic (exact) mass is 347 g/mol. The quantitative estimate of drug-likeness (QED) is 0.836. The Kier molecular flexibility index (Phi) is 5.33. The minimum atomic E-state index is 0.197. The zero-order valence-corrected chi connectivity index (χ0v) is 14.9. The van der Waals surface area contributed by atoms with Crippen LogP contribution in [0.2, 0.25) is 0 Å². The fourth-order valence-corrected chi connectivity index (χ4v) is 4.25. The molecule has 4 heterocycles. The van der Waals surface area contributed by atoms with E-state index in [1.54, 1.807) is 6.33 Å². The van der Waals surface area contributed by atoms with E-state index in [-0.39, 0.29) is 12.6 Å². The van der Waals surface area contributed by atoms with Gasteiger partial charge in [-0.05, 0) is 25.2 Å². The molecule has 2 atom stereocenters. The molecule has 0 radical (unpaired) electrons. The van der Waals surface area contributed by atoms with Crippen LogP contribution in [-0.4, -0.2) is 85.1 Å². The summed E-state index contributed by atoms with van der Waals surface area (Å²) in [6.07, 6.45) is 5.03. The molecule has 138 valence electrons. The van der Waals surface area contributed by atoms with E-state index in [9.17, 15) is 5.11 Å². The van der Waals surface area contributed by atoms with Crippen LogP contribution in [0.1, 0.15) is 19.3 Å². The number of aliphatic hydroxyl groups is 1. The molecule has 0 bridgehead atoms. The fraction of sp³-hybridized carbons (Fsp3) is 0.778. The van der Waals surface area contributed by atoms with Crippen molar-refractivity contribution in [1.29, 1.82) is 0 Å². The molecule has 1 N–H and O–H groups in total. The van der Waals surface area contributed by atoms with Crippen LogP contribution in [0.25, 0.3) is 0 Å². The van der Waals surface area contributed by atoms with E-state index >= 15 is 0 Å². The lowest BCUT2D eigenvalue weighted by atomic mass is 10.1. The molecule has 2 unspecified atom stereocenters. The van der Waals surface area contributed by atoms with Crippen LogP contribution < -0.4 is 9.80 Å². The Labute approximate surface area is 149 Å². The van der Waals surface area contributed by atoms with Gasteiger partial charge >= 0.3 is 0 Å². The van der Waals surface area contributed by atoms with Gasteiger partial charge < -0.3 is 19.6 Å². The second kappa shape index (κ2) is 7.85. The lowest BCUT2D eigenvalue weighted by Gasteiger charge is -2.36. The van der Waals surface area contributed by atoms with Gasteiger partial charge in [-0.2, -0.15) is 0 Å². The van der Waals surface area contributed by atoms with Gasteiger partial charge in [0.2, 0.25) is 0 Å². The Balaban J connectivity index is 1.35. The smallest absolute Gasteiger partial charge is 0.134 e. The van der Waals surface area contributed by atoms with Crippen molar-refractivity contribution >= 4 is 11.6 Å². The summed E-state index contributed by atoms with van der Waals surface area (Å²) >= 11 is 0. The topological polar surface area (TPSA) is 65.0 Å². The van der Waals surface area contributed by atoms with E-state index in [1.165, 1.54) is 6.42 Å². The number of ether oxygens (including phenoxy) is 1. The van der Waals surface area contributed by atoms with Crippen LogP contribution in [0.3, 0.4) is 0 Å². The molecular formula is C18H29N5O2. The highest BCUT2D eigenvalue weighted by atomic mass is 16.5. The van der Waals surface area contributed by atoms with Crippen molar-refractivity contribution in [1.82, 2.24) is 14.9 Å². The Bertz CT molecular complexity index is 558. The molecule has 3 aliphatic heterocycles. The standard InChI is InChI=1S/C18H29N5O2/c24-12-16-2-1-4-23(16)18-10-17(19-14-20-18)22-7-5-21(6-8-22)11-15-3-9-25-13-15/h10,14-16,24H,1-9,11-13H2. The Hall–Kier alpha value is -1.44. The zero-order chi connectivity index (χ0) is 17.1. The second-order valence-electron chi connectivity index (χ2n) is 7.42. The maximum atomic E-state index is 9.55. The molecule has 1 aromatic heterocycles. The molecular weight excluding hydrogens is 318 g/mol. The number of piperazine rings is 1. The number of aliphatic hydroxyl groups excluding tert-OH is 1. The zero-order valence-electron chi connectivity index (χ0n) is 14.9. The first-order valence-electron chi connectivity index (χ1n) is 9.58. The number of hydrogen-bond donors (Lipinski definition) is 1. The fourth-order valence-electron chi connectivity index (χ4n) is 4.25. The third kappa shape index (κ3) is 3.88. The number of anilines is 2. The van der Waals surface area contributed by atoms with Crippen LogP contribution in [-0.2, 0) is 4.74 Å². The maximum Gasteiger partial charge on any atom is 0.134 e. The van der Waals surface area contributed by atoms with Crippen molar-refractivity contribution in [3.63, 3.8) is 0 Å². The van der Waals surface area contributed by atoms with Gasteiger partial charge in [-0.15, -0.1) is 0 Å². The molecule has 7 heteroatoms. The largest absolute Gasteiger partial charge is 0.394 e. The summed E-state index contributed by atoms with van der Waals surface area (Å²) in [5.74, 6) is 2.67. The predicted molar refractivity (Wildman–Crippen MR) is 97.1 cm³/mol. The van der Waals surface area contributed by atoms with Crippen molar-refractivity contribution in [2.24, 2.45) is 5.92 Å². The molecule has 0 aliphatic carbocycles. The van der Waals surface area contributed by atoms with Gasteiger partial charge in [0.15, 0.2) is 0 Å². The normalized spacial score (nSPS) is 28.0. The van der Waals surface area contributed by atoms with Gasteiger partial charge in [-0.3, -0.25) is 4.90 Å². The minimum absolute atomic E-state index is 0.197. The maximum absolute atomic E-state index is 9.55. The van der Waals surface area contributed by atoms with Gasteiger partial charge in [-0.1, -0.05) is 0 Å². The van der Waals surface area contributed by atoms with Gasteiger partial charge in [-0.25, -0.2) is 9.97 Å². The van der Waals surface area contributed by atoms with E-state index in [0.29, 0.717) is 5.92 Å². The molecule has 0 saturated carbocycles. The number of hydrogen-bond acceptors (Lipinski definition) is 7. The lowest BCUT2D eigenvalue weighted by Crippen LogP contribution is -2.48. The molecule has 3 saturated heterocycles. The van der Waals surface area contributed by atoms with Crippen molar-refractivity contribution in [3.05, 3.63) is 12.4 Å². The summed E-state index contributed by atoms with van der Waals surface area (Å²) in [6.45, 7) is 8.37. The van der Waals surface area contributed by atoms with Crippen molar-refractivity contribution in [2.75, 3.05) is 68.9 Å². The van der Waals surface area contributed by atoms with Gasteiger partial charge in [0, 0.05) is 51.9 Å². The highest BCUT2D eigenvalue weighted by molar-refractivity contribution is 5.51. The van der Waals surface area contributed by atoms with Crippen molar-refractivity contribution < 1.29 is 9.84 Å². The number of nitrogens with zero attached hydrogens (tertiary/aromatic N) is 5. The average molecular weight is 347 g/mol. The SMILES string of the molecule is OCC1CCCN1c1cc(N2CCN(CC3CCOC3)CC2)ncn1. The van der Waals surface area contributed by atoms with Crippen molar-refractivity contribution in [3.8, 4) is 0 Å². The van der Waals surface area contributed by atoms with Crippen LogP contribution in [0.5, 0.6) is 0 Å². The van der Waals surface area contributed by atoms with E-state index in [1.807, 2.05) is 0 Å². The molecule has 25 heavy (non-hydrogen) atoms. The van der Waals surface area contributed by atoms with Crippen LogP contribution in [0, 0.1) is 5.92 Å². The highest BCUT2D eigenvalue weighted by Crippen LogP contribution is 2.26. The summed E-state index contributed by atoms with van der Waals surface area (Å²) in [5.41, 5.74) is 0. The van der Waals surface area contributed by atoms with E-state index < -0.39 is 0 Å². The van der Waals surface area contributed by atoms with E-state index in [0.717, 1.165) is 77.0 Å². The highest BCUT2D eigenvalue weighted by Gasteiger charge is 2.27. The van der Waals surface area contributed by atoms with E-state index in [4.69, 9.17) is 4.74 Å². The first kappa shape index (κ1) is 17.0. The molecule has 3 fully saturated rings. The average Bonchev–Trinajstić information content (AvgIpc) is 3.34. The van der Waals surface area contributed by atoms with Gasteiger partial charge in [0.25, 0.3) is 0 Å². The van der Waals surface area contributed by atoms with Crippen LogP contribution >= 0.6 is 0 Å². The first-order chi connectivity index (χ1) is 12.3. The van der Waals surface area contributed by atoms with Gasteiger partial charge in [0.05, 0.1) is 19.3 Å². The molecule has 3 aliphatic rings. The Morgan fingerprint density at radius 2 is 1.92 bits per heavy atom. The Morgan fingerprint density at radius 3 is 2.68 bits per heavy atom. The predicted octanol–water partition coefficient (Wildman–Crippen LogP) is 0.596. The molecule has 4 rings (SSSR count). The summed E-state index contributed by atoms with van der Waals surface area (Å²) in [6, 6.07) is 2.29.